The summed E-state index contributed by atoms with van der Waals surface area (Å²) in [5.41, 5.74) is 0. The molecule has 4 atom stereocenters. The molecular weight excluding hydrogens is 306 g/mol. The molecule has 0 aliphatic rings. The minimum absolute atomic E-state index is 0.0258. The van der Waals surface area contributed by atoms with Gasteiger partial charge in [-0.15, -0.1) is 11.7 Å². The molecule has 0 radical (unpaired) electrons. The first-order valence-electron chi connectivity index (χ1n) is 5.48. The van der Waals surface area contributed by atoms with Gasteiger partial charge in [0.05, 0.1) is 6.61 Å². The SMILES string of the molecule is O=C[C@H](O)[C@@H](O)[C@@H](O)[C@H](O)CO.SSc1ccccn1. The van der Waals surface area contributed by atoms with E-state index in [2.05, 4.69) is 16.6 Å². The lowest BCUT2D eigenvalue weighted by Crippen LogP contribution is -2.46. The number of nitrogens with zero attached hydrogens (tertiary/aromatic N) is 1. The third kappa shape index (κ3) is 7.20. The highest BCUT2D eigenvalue weighted by molar-refractivity contribution is 8.68. The molecule has 0 aliphatic carbocycles. The molecule has 0 amide bonds. The van der Waals surface area contributed by atoms with Crippen LogP contribution in [0.15, 0.2) is 29.4 Å². The minimum Gasteiger partial charge on any atom is -0.394 e. The Labute approximate surface area is 125 Å². The largest absolute Gasteiger partial charge is 0.394 e. The highest BCUT2D eigenvalue weighted by atomic mass is 33.1. The molecule has 0 spiro atoms. The predicted molar refractivity (Wildman–Crippen MR) is 76.3 cm³/mol. The second-order valence-electron chi connectivity index (χ2n) is 3.62. The van der Waals surface area contributed by atoms with Crippen LogP contribution in [0.5, 0.6) is 0 Å². The molecule has 0 saturated heterocycles. The molecular formula is C11H17NO6S2. The molecule has 114 valence electrons. The van der Waals surface area contributed by atoms with Crippen LogP contribution < -0.4 is 0 Å². The van der Waals surface area contributed by atoms with Crippen molar-refractivity contribution >= 4 is 28.7 Å². The van der Waals surface area contributed by atoms with Gasteiger partial charge in [-0.2, -0.15) is 0 Å². The second-order valence-corrected chi connectivity index (χ2v) is 4.77. The van der Waals surface area contributed by atoms with E-state index in [1.54, 1.807) is 6.20 Å². The maximum atomic E-state index is 9.90. The fourth-order valence-electron chi connectivity index (χ4n) is 1.02. The van der Waals surface area contributed by atoms with Crippen LogP contribution in [0.4, 0.5) is 0 Å². The maximum absolute atomic E-state index is 9.90. The zero-order valence-corrected chi connectivity index (χ0v) is 12.1. The van der Waals surface area contributed by atoms with E-state index in [4.69, 9.17) is 25.5 Å². The number of hydrogen-bond acceptors (Lipinski definition) is 9. The number of pyridine rings is 1. The molecule has 0 bridgehead atoms. The summed E-state index contributed by atoms with van der Waals surface area (Å²) in [5.74, 6) is 0. The fraction of sp³-hybridized carbons (Fsp3) is 0.455. The first kappa shape index (κ1) is 19.3. The normalized spacial score (nSPS) is 16.3. The third-order valence-electron chi connectivity index (χ3n) is 2.15. The summed E-state index contributed by atoms with van der Waals surface area (Å²) < 4.78 is 0. The smallest absolute Gasteiger partial charge is 0.151 e. The van der Waals surface area contributed by atoms with E-state index >= 15 is 0 Å². The number of aliphatic hydroxyl groups excluding tert-OH is 5. The quantitative estimate of drug-likeness (QED) is 0.215. The van der Waals surface area contributed by atoms with E-state index in [1.807, 2.05) is 18.2 Å². The van der Waals surface area contributed by atoms with Crippen LogP contribution in [-0.2, 0) is 4.79 Å². The molecule has 1 aromatic heterocycles. The molecule has 9 heteroatoms. The Morgan fingerprint density at radius 2 is 1.90 bits per heavy atom. The van der Waals surface area contributed by atoms with Gasteiger partial charge in [-0.25, -0.2) is 4.98 Å². The van der Waals surface area contributed by atoms with Crippen LogP contribution in [0.3, 0.4) is 0 Å². The van der Waals surface area contributed by atoms with Crippen molar-refractivity contribution in [1.82, 2.24) is 4.98 Å². The number of carbonyl (C=O) groups is 1. The van der Waals surface area contributed by atoms with E-state index < -0.39 is 31.0 Å². The van der Waals surface area contributed by atoms with Crippen molar-refractivity contribution in [2.24, 2.45) is 0 Å². The topological polar surface area (TPSA) is 131 Å². The van der Waals surface area contributed by atoms with Crippen LogP contribution in [0.2, 0.25) is 0 Å². The molecule has 1 rings (SSSR count). The van der Waals surface area contributed by atoms with E-state index in [9.17, 15) is 4.79 Å². The number of carbonyl (C=O) groups excluding carboxylic acids is 1. The van der Waals surface area contributed by atoms with Crippen molar-refractivity contribution in [2.75, 3.05) is 6.61 Å². The molecule has 5 N–H and O–H groups in total. The van der Waals surface area contributed by atoms with Crippen LogP contribution in [-0.4, -0.2) is 67.8 Å². The van der Waals surface area contributed by atoms with Gasteiger partial charge in [0.25, 0.3) is 0 Å². The number of thiol groups is 1. The number of rotatable bonds is 6. The Balaban J connectivity index is 0.000000388. The summed E-state index contributed by atoms with van der Waals surface area (Å²) in [6, 6.07) is 5.73. The third-order valence-corrected chi connectivity index (χ3v) is 3.14. The molecule has 20 heavy (non-hydrogen) atoms. The first-order chi connectivity index (χ1) is 9.47. The lowest BCUT2D eigenvalue weighted by Gasteiger charge is -2.22. The molecule has 1 aromatic rings. The molecule has 0 fully saturated rings. The summed E-state index contributed by atoms with van der Waals surface area (Å²) in [5, 5.41) is 44.5. The standard InChI is InChI=1S/C6H12O6.C5H5NS2/c7-1-3(9)5(11)6(12)4(10)2-8;7-8-5-3-1-2-4-6-5/h1,3-6,8-12H,2H2;1-4,7H/t3-,4+,5+,6-;/m0./s1. The molecule has 0 aromatic carbocycles. The van der Waals surface area contributed by atoms with Crippen molar-refractivity contribution in [3.63, 3.8) is 0 Å². The van der Waals surface area contributed by atoms with E-state index in [1.165, 1.54) is 10.8 Å². The monoisotopic (exact) mass is 323 g/mol. The van der Waals surface area contributed by atoms with Crippen molar-refractivity contribution in [3.05, 3.63) is 24.4 Å². The lowest BCUT2D eigenvalue weighted by atomic mass is 10.0. The van der Waals surface area contributed by atoms with Gasteiger partial charge >= 0.3 is 0 Å². The second kappa shape index (κ2) is 11.0. The van der Waals surface area contributed by atoms with Gasteiger partial charge in [0.15, 0.2) is 6.29 Å². The van der Waals surface area contributed by atoms with Gasteiger partial charge in [0.1, 0.15) is 29.4 Å². The van der Waals surface area contributed by atoms with E-state index in [0.717, 1.165) is 5.03 Å². The summed E-state index contributed by atoms with van der Waals surface area (Å²) in [4.78, 5) is 13.9. The van der Waals surface area contributed by atoms with Gasteiger partial charge in [0.2, 0.25) is 0 Å². The Kier molecular flexibility index (Phi) is 10.7. The summed E-state index contributed by atoms with van der Waals surface area (Å²) in [6.07, 6.45) is -5.09. The minimum atomic E-state index is -1.79. The Bertz CT molecular complexity index is 369. The van der Waals surface area contributed by atoms with Crippen molar-refractivity contribution < 1.29 is 30.3 Å². The van der Waals surface area contributed by atoms with E-state index in [0.29, 0.717) is 0 Å². The highest BCUT2D eigenvalue weighted by Gasteiger charge is 2.29. The van der Waals surface area contributed by atoms with Gasteiger partial charge in [-0.1, -0.05) is 6.07 Å². The number of aliphatic hydroxyl groups is 5. The number of hydrogen-bond donors (Lipinski definition) is 6. The Morgan fingerprint density at radius 3 is 2.25 bits per heavy atom. The highest BCUT2D eigenvalue weighted by Crippen LogP contribution is 2.16. The molecule has 0 aliphatic heterocycles. The van der Waals surface area contributed by atoms with Gasteiger partial charge in [0, 0.05) is 6.20 Å². The van der Waals surface area contributed by atoms with Crippen LogP contribution in [0, 0.1) is 0 Å². The number of aldehydes is 1. The van der Waals surface area contributed by atoms with Gasteiger partial charge in [-0.3, -0.25) is 0 Å². The van der Waals surface area contributed by atoms with E-state index in [-0.39, 0.29) is 6.29 Å². The van der Waals surface area contributed by atoms with Crippen LogP contribution in [0.1, 0.15) is 0 Å². The Morgan fingerprint density at radius 1 is 1.25 bits per heavy atom. The fourth-order valence-corrected chi connectivity index (χ4v) is 1.59. The van der Waals surface area contributed by atoms with Crippen molar-refractivity contribution in [3.8, 4) is 0 Å². The van der Waals surface area contributed by atoms with Crippen LogP contribution >= 0.6 is 22.5 Å². The van der Waals surface area contributed by atoms with Crippen LogP contribution in [0.25, 0.3) is 0 Å². The Hall–Kier alpha value is -0.680. The maximum Gasteiger partial charge on any atom is 0.151 e. The molecule has 7 nitrogen and oxygen atoms in total. The zero-order valence-electron chi connectivity index (χ0n) is 10.4. The molecule has 1 heterocycles. The summed E-state index contributed by atoms with van der Waals surface area (Å²) in [7, 11) is 1.35. The summed E-state index contributed by atoms with van der Waals surface area (Å²) >= 11 is 3.96. The number of aromatic nitrogens is 1. The first-order valence-corrected chi connectivity index (χ1v) is 7.35. The van der Waals surface area contributed by atoms with Crippen molar-refractivity contribution in [1.29, 1.82) is 0 Å². The average Bonchev–Trinajstić information content (AvgIpc) is 2.53. The van der Waals surface area contributed by atoms with Gasteiger partial charge in [-0.05, 0) is 22.9 Å². The lowest BCUT2D eigenvalue weighted by molar-refractivity contribution is -0.136. The van der Waals surface area contributed by atoms with Crippen molar-refractivity contribution in [2.45, 2.75) is 29.4 Å². The average molecular weight is 323 g/mol. The summed E-state index contributed by atoms with van der Waals surface area (Å²) in [6.45, 7) is -0.760. The predicted octanol–water partition coefficient (Wildman–Crippen LogP) is -1.36. The molecule has 0 saturated carbocycles. The molecule has 0 unspecified atom stereocenters. The zero-order chi connectivity index (χ0) is 15.5. The van der Waals surface area contributed by atoms with Gasteiger partial charge < -0.3 is 30.3 Å².